The van der Waals surface area contributed by atoms with Crippen LogP contribution >= 0.6 is 11.8 Å². The van der Waals surface area contributed by atoms with Crippen LogP contribution in [0.2, 0.25) is 0 Å². The van der Waals surface area contributed by atoms with Gasteiger partial charge in [-0.05, 0) is 25.4 Å². The highest BCUT2D eigenvalue weighted by Crippen LogP contribution is 2.15. The molecule has 1 aromatic rings. The molecule has 0 unspecified atom stereocenters. The smallest absolute Gasteiger partial charge is 0.176 e. The minimum atomic E-state index is 0.0786. The first kappa shape index (κ1) is 13.2. The molecule has 0 heterocycles. The van der Waals surface area contributed by atoms with Gasteiger partial charge in [0.25, 0.3) is 0 Å². The topological polar surface area (TPSA) is 40.5 Å². The van der Waals surface area contributed by atoms with Crippen molar-refractivity contribution in [1.82, 2.24) is 4.90 Å². The van der Waals surface area contributed by atoms with Crippen molar-refractivity contribution >= 4 is 17.5 Å². The van der Waals surface area contributed by atoms with E-state index in [1.54, 1.807) is 11.8 Å². The van der Waals surface area contributed by atoms with Gasteiger partial charge >= 0.3 is 0 Å². The van der Waals surface area contributed by atoms with Crippen LogP contribution in [0.3, 0.4) is 0 Å². The molecule has 0 aliphatic rings. The molecule has 0 bridgehead atoms. The Hall–Kier alpha value is -0.840. The lowest BCUT2D eigenvalue weighted by molar-refractivity contribution is 0.0935. The van der Waals surface area contributed by atoms with E-state index < -0.39 is 0 Å². The second kappa shape index (κ2) is 6.68. The fourth-order valence-corrected chi connectivity index (χ4v) is 1.77. The van der Waals surface area contributed by atoms with Gasteiger partial charge < -0.3 is 5.11 Å². The van der Waals surface area contributed by atoms with Crippen molar-refractivity contribution in [2.75, 3.05) is 33.0 Å². The Balaban J connectivity index is 2.59. The lowest BCUT2D eigenvalue weighted by Crippen LogP contribution is -2.28. The third kappa shape index (κ3) is 3.96. The van der Waals surface area contributed by atoms with Gasteiger partial charge in [0.15, 0.2) is 5.78 Å². The molecular weight excluding hydrogens is 222 g/mol. The molecule has 0 amide bonds. The quantitative estimate of drug-likeness (QED) is 0.603. The maximum atomic E-state index is 11.8. The average molecular weight is 239 g/mol. The highest BCUT2D eigenvalue weighted by Gasteiger charge is 2.08. The van der Waals surface area contributed by atoms with Crippen LogP contribution in [-0.4, -0.2) is 48.8 Å². The van der Waals surface area contributed by atoms with E-state index in [1.807, 2.05) is 42.5 Å². The molecule has 1 aromatic carbocycles. The normalized spacial score (nSPS) is 10.8. The maximum absolute atomic E-state index is 11.8. The first-order valence-corrected chi connectivity index (χ1v) is 6.36. The Kier molecular flexibility index (Phi) is 5.52. The van der Waals surface area contributed by atoms with E-state index in [2.05, 4.69) is 0 Å². The van der Waals surface area contributed by atoms with Gasteiger partial charge in [-0.15, -0.1) is 11.8 Å². The predicted molar refractivity (Wildman–Crippen MR) is 67.1 cm³/mol. The molecule has 0 radical (unpaired) electrons. The number of hydrogen-bond acceptors (Lipinski definition) is 4. The van der Waals surface area contributed by atoms with Crippen molar-refractivity contribution in [1.29, 1.82) is 0 Å². The number of nitrogens with zero attached hydrogens (tertiary/aromatic N) is 1. The first-order valence-electron chi connectivity index (χ1n) is 5.14. The number of carbonyl (C=O) groups excluding carboxylic acids is 1. The minimum Gasteiger partial charge on any atom is -0.395 e. The van der Waals surface area contributed by atoms with Crippen LogP contribution in [-0.2, 0) is 0 Å². The van der Waals surface area contributed by atoms with Gasteiger partial charge in [-0.1, -0.05) is 12.1 Å². The SMILES string of the molecule is CSc1ccc(C(=O)CN(C)CCO)cc1. The molecule has 0 atom stereocenters. The van der Waals surface area contributed by atoms with Crippen molar-refractivity contribution in [3.8, 4) is 0 Å². The minimum absolute atomic E-state index is 0.0786. The van der Waals surface area contributed by atoms with E-state index in [1.165, 1.54) is 0 Å². The molecule has 0 saturated carbocycles. The van der Waals surface area contributed by atoms with E-state index in [-0.39, 0.29) is 12.4 Å². The fourth-order valence-electron chi connectivity index (χ4n) is 1.36. The molecule has 16 heavy (non-hydrogen) atoms. The number of Topliss-reactive ketones (excluding diaryl/α,β-unsaturated/α-hetero) is 1. The molecule has 0 spiro atoms. The maximum Gasteiger partial charge on any atom is 0.176 e. The van der Waals surface area contributed by atoms with Crippen molar-refractivity contribution < 1.29 is 9.90 Å². The number of aliphatic hydroxyl groups is 1. The van der Waals surface area contributed by atoms with Crippen LogP contribution in [0.5, 0.6) is 0 Å². The Morgan fingerprint density at radius 2 is 2.00 bits per heavy atom. The number of hydrogen-bond donors (Lipinski definition) is 1. The van der Waals surface area contributed by atoms with Crippen molar-refractivity contribution in [2.24, 2.45) is 0 Å². The summed E-state index contributed by atoms with van der Waals surface area (Å²) in [6, 6.07) is 7.59. The molecule has 0 fully saturated rings. The van der Waals surface area contributed by atoms with Gasteiger partial charge in [-0.3, -0.25) is 9.69 Å². The van der Waals surface area contributed by atoms with Gasteiger partial charge in [0.1, 0.15) is 0 Å². The zero-order valence-corrected chi connectivity index (χ0v) is 10.5. The molecule has 3 nitrogen and oxygen atoms in total. The summed E-state index contributed by atoms with van der Waals surface area (Å²) in [6.07, 6.45) is 2.01. The van der Waals surface area contributed by atoms with Crippen LogP contribution in [0.25, 0.3) is 0 Å². The summed E-state index contributed by atoms with van der Waals surface area (Å²) in [7, 11) is 1.82. The van der Waals surface area contributed by atoms with Gasteiger partial charge in [-0.2, -0.15) is 0 Å². The number of benzene rings is 1. The molecule has 88 valence electrons. The van der Waals surface area contributed by atoms with Crippen molar-refractivity contribution in [2.45, 2.75) is 4.90 Å². The summed E-state index contributed by atoms with van der Waals surface area (Å²) in [6.45, 7) is 0.947. The van der Waals surface area contributed by atoms with Gasteiger partial charge in [0.2, 0.25) is 0 Å². The Morgan fingerprint density at radius 3 is 2.50 bits per heavy atom. The van der Waals surface area contributed by atoms with Gasteiger partial charge in [-0.25, -0.2) is 0 Å². The summed E-state index contributed by atoms with van der Waals surface area (Å²) >= 11 is 1.66. The second-order valence-corrected chi connectivity index (χ2v) is 4.49. The summed E-state index contributed by atoms with van der Waals surface area (Å²) in [4.78, 5) is 14.8. The molecular formula is C12H17NO2S. The molecule has 0 aliphatic carbocycles. The largest absolute Gasteiger partial charge is 0.395 e. The van der Waals surface area contributed by atoms with E-state index in [0.29, 0.717) is 13.1 Å². The molecule has 0 aliphatic heterocycles. The number of rotatable bonds is 6. The van der Waals surface area contributed by atoms with Crippen LogP contribution in [0.15, 0.2) is 29.2 Å². The molecule has 4 heteroatoms. The average Bonchev–Trinajstić information content (AvgIpc) is 2.29. The predicted octanol–water partition coefficient (Wildman–Crippen LogP) is 1.52. The monoisotopic (exact) mass is 239 g/mol. The summed E-state index contributed by atoms with van der Waals surface area (Å²) in [5.74, 6) is 0.0867. The number of thioether (sulfide) groups is 1. The zero-order chi connectivity index (χ0) is 12.0. The molecule has 1 N–H and O–H groups in total. The number of carbonyl (C=O) groups is 1. The lowest BCUT2D eigenvalue weighted by atomic mass is 10.1. The summed E-state index contributed by atoms with van der Waals surface area (Å²) in [5.41, 5.74) is 0.725. The highest BCUT2D eigenvalue weighted by atomic mass is 32.2. The fraction of sp³-hybridized carbons (Fsp3) is 0.417. The van der Waals surface area contributed by atoms with E-state index in [4.69, 9.17) is 5.11 Å². The van der Waals surface area contributed by atoms with Crippen molar-refractivity contribution in [3.63, 3.8) is 0 Å². The third-order valence-corrected chi connectivity index (χ3v) is 3.05. The molecule has 1 rings (SSSR count). The standard InChI is InChI=1S/C12H17NO2S/c1-13(7-8-14)9-12(15)10-3-5-11(16-2)6-4-10/h3-6,14H,7-9H2,1-2H3. The highest BCUT2D eigenvalue weighted by molar-refractivity contribution is 7.98. The van der Waals surface area contributed by atoms with Crippen molar-refractivity contribution in [3.05, 3.63) is 29.8 Å². The zero-order valence-electron chi connectivity index (χ0n) is 9.64. The molecule has 0 aromatic heterocycles. The van der Waals surface area contributed by atoms with Crippen LogP contribution in [0.4, 0.5) is 0 Å². The van der Waals surface area contributed by atoms with E-state index in [9.17, 15) is 4.79 Å². The second-order valence-electron chi connectivity index (χ2n) is 3.61. The third-order valence-electron chi connectivity index (χ3n) is 2.31. The lowest BCUT2D eigenvalue weighted by Gasteiger charge is -2.13. The van der Waals surface area contributed by atoms with E-state index in [0.717, 1.165) is 10.5 Å². The van der Waals surface area contributed by atoms with Gasteiger partial charge in [0, 0.05) is 17.0 Å². The Labute approximate surface area is 100 Å². The molecule has 0 saturated heterocycles. The van der Waals surface area contributed by atoms with Crippen LogP contribution in [0, 0.1) is 0 Å². The van der Waals surface area contributed by atoms with Crippen LogP contribution in [0.1, 0.15) is 10.4 Å². The summed E-state index contributed by atoms with van der Waals surface area (Å²) in [5, 5.41) is 8.73. The Bertz CT molecular complexity index is 337. The summed E-state index contributed by atoms with van der Waals surface area (Å²) < 4.78 is 0. The van der Waals surface area contributed by atoms with E-state index >= 15 is 0 Å². The number of ketones is 1. The first-order chi connectivity index (χ1) is 7.67. The van der Waals surface area contributed by atoms with Crippen LogP contribution < -0.4 is 0 Å². The number of aliphatic hydroxyl groups excluding tert-OH is 1. The van der Waals surface area contributed by atoms with Gasteiger partial charge in [0.05, 0.1) is 13.2 Å². The number of likely N-dealkylation sites (N-methyl/N-ethyl adjacent to an activating group) is 1. The Morgan fingerprint density at radius 1 is 1.38 bits per heavy atom.